The van der Waals surface area contributed by atoms with Crippen LogP contribution in [0.3, 0.4) is 0 Å². The van der Waals surface area contributed by atoms with Gasteiger partial charge < -0.3 is 19.3 Å². The summed E-state index contributed by atoms with van der Waals surface area (Å²) in [5.41, 5.74) is 1.87. The lowest BCUT2D eigenvalue weighted by molar-refractivity contribution is -0.132. The van der Waals surface area contributed by atoms with E-state index in [4.69, 9.17) is 25.6 Å². The Labute approximate surface area is 228 Å². The van der Waals surface area contributed by atoms with Crippen molar-refractivity contribution in [3.05, 3.63) is 100 Å². The summed E-state index contributed by atoms with van der Waals surface area (Å²) < 4.78 is 29.6. The van der Waals surface area contributed by atoms with Crippen LogP contribution in [0.2, 0.25) is 5.02 Å². The number of benzene rings is 2. The highest BCUT2D eigenvalue weighted by Gasteiger charge is 2.55. The summed E-state index contributed by atoms with van der Waals surface area (Å²) in [6.07, 6.45) is 1.37. The highest BCUT2D eigenvalue weighted by atomic mass is 35.5. The first-order valence-corrected chi connectivity index (χ1v) is 12.5. The van der Waals surface area contributed by atoms with E-state index in [1.54, 1.807) is 19.1 Å². The Morgan fingerprint density at radius 3 is 2.28 bits per heavy atom. The maximum atomic E-state index is 13.6. The SMILES string of the molecule is COc1ccnc(C(=O)N[C@@H](C)c2noc(C3C(c4ccc(F)cc4)C3c3ccc(Cl)cc3)n2)c1OC(C)=O. The van der Waals surface area contributed by atoms with Crippen molar-refractivity contribution in [2.24, 2.45) is 0 Å². The normalized spacial score (nSPS) is 18.7. The fraction of sp³-hybridized carbons (Fsp3) is 0.250. The summed E-state index contributed by atoms with van der Waals surface area (Å²) in [4.78, 5) is 33.2. The first kappa shape index (κ1) is 26.3. The fourth-order valence-corrected chi connectivity index (χ4v) is 4.83. The Kier molecular flexibility index (Phi) is 7.30. The molecule has 1 aliphatic rings. The van der Waals surface area contributed by atoms with Crippen molar-refractivity contribution in [3.8, 4) is 11.5 Å². The highest BCUT2D eigenvalue weighted by molar-refractivity contribution is 6.30. The smallest absolute Gasteiger partial charge is 0.308 e. The van der Waals surface area contributed by atoms with Crippen LogP contribution in [0.15, 0.2) is 65.3 Å². The van der Waals surface area contributed by atoms with E-state index in [9.17, 15) is 14.0 Å². The minimum Gasteiger partial charge on any atom is -0.493 e. The number of hydrogen-bond donors (Lipinski definition) is 1. The minimum atomic E-state index is -0.662. The number of nitrogens with zero attached hydrogens (tertiary/aromatic N) is 3. The zero-order valence-electron chi connectivity index (χ0n) is 21.2. The van der Waals surface area contributed by atoms with Crippen LogP contribution in [-0.2, 0) is 4.79 Å². The van der Waals surface area contributed by atoms with Crippen molar-refractivity contribution in [2.75, 3.05) is 7.11 Å². The van der Waals surface area contributed by atoms with Gasteiger partial charge in [-0.2, -0.15) is 4.98 Å². The number of ether oxygens (including phenoxy) is 2. The number of aromatic nitrogens is 3. The Morgan fingerprint density at radius 2 is 1.67 bits per heavy atom. The molecule has 4 aromatic rings. The third kappa shape index (κ3) is 5.46. The Balaban J connectivity index is 1.37. The predicted molar refractivity (Wildman–Crippen MR) is 138 cm³/mol. The molecule has 0 bridgehead atoms. The molecular formula is C28H24ClFN4O5. The van der Waals surface area contributed by atoms with Gasteiger partial charge in [-0.3, -0.25) is 9.59 Å². The van der Waals surface area contributed by atoms with Gasteiger partial charge in [0.25, 0.3) is 5.91 Å². The van der Waals surface area contributed by atoms with Crippen LogP contribution >= 0.6 is 11.6 Å². The third-order valence-corrected chi connectivity index (χ3v) is 6.81. The molecule has 11 heteroatoms. The van der Waals surface area contributed by atoms with Gasteiger partial charge in [0, 0.05) is 36.0 Å². The number of carbonyl (C=O) groups excluding carboxylic acids is 2. The van der Waals surface area contributed by atoms with Crippen LogP contribution in [0.5, 0.6) is 11.5 Å². The van der Waals surface area contributed by atoms with Gasteiger partial charge in [-0.05, 0) is 42.3 Å². The van der Waals surface area contributed by atoms with Crippen molar-refractivity contribution >= 4 is 23.5 Å². The zero-order chi connectivity index (χ0) is 27.7. The molecule has 0 spiro atoms. The van der Waals surface area contributed by atoms with E-state index in [1.165, 1.54) is 38.4 Å². The monoisotopic (exact) mass is 550 g/mol. The van der Waals surface area contributed by atoms with Gasteiger partial charge in [0.15, 0.2) is 17.3 Å². The fourth-order valence-electron chi connectivity index (χ4n) is 4.70. The molecule has 5 rings (SSSR count). The van der Waals surface area contributed by atoms with Crippen molar-refractivity contribution in [3.63, 3.8) is 0 Å². The van der Waals surface area contributed by atoms with E-state index in [0.29, 0.717) is 10.9 Å². The van der Waals surface area contributed by atoms with E-state index >= 15 is 0 Å². The molecule has 1 fully saturated rings. The highest BCUT2D eigenvalue weighted by Crippen LogP contribution is 2.65. The predicted octanol–water partition coefficient (Wildman–Crippen LogP) is 5.35. The quantitative estimate of drug-likeness (QED) is 0.292. The molecule has 1 amide bonds. The van der Waals surface area contributed by atoms with Crippen molar-refractivity contribution < 1.29 is 28.0 Å². The average molecular weight is 551 g/mol. The summed E-state index contributed by atoms with van der Waals surface area (Å²) in [5.74, 6) is -0.904. The topological polar surface area (TPSA) is 116 Å². The molecule has 0 aliphatic heterocycles. The average Bonchev–Trinajstić information content (AvgIpc) is 3.45. The van der Waals surface area contributed by atoms with E-state index in [2.05, 4.69) is 20.4 Å². The summed E-state index contributed by atoms with van der Waals surface area (Å²) in [6.45, 7) is 2.91. The van der Waals surface area contributed by atoms with Gasteiger partial charge in [-0.25, -0.2) is 9.37 Å². The second-order valence-electron chi connectivity index (χ2n) is 9.15. The molecule has 0 radical (unpaired) electrons. The van der Waals surface area contributed by atoms with E-state index in [0.717, 1.165) is 11.1 Å². The molecule has 9 nitrogen and oxygen atoms in total. The molecule has 4 atom stereocenters. The molecule has 2 heterocycles. The van der Waals surface area contributed by atoms with Gasteiger partial charge >= 0.3 is 5.97 Å². The maximum absolute atomic E-state index is 13.6. The molecular weight excluding hydrogens is 527 g/mol. The molecule has 39 heavy (non-hydrogen) atoms. The lowest BCUT2D eigenvalue weighted by Gasteiger charge is -2.14. The van der Waals surface area contributed by atoms with E-state index in [-0.39, 0.29) is 46.6 Å². The van der Waals surface area contributed by atoms with Crippen LogP contribution in [0.4, 0.5) is 4.39 Å². The number of nitrogens with one attached hydrogen (secondary N) is 1. The molecule has 1 aliphatic carbocycles. The second-order valence-corrected chi connectivity index (χ2v) is 9.59. The van der Waals surface area contributed by atoms with Gasteiger partial charge in [-0.15, -0.1) is 0 Å². The Bertz CT molecular complexity index is 1460. The molecule has 3 unspecified atom stereocenters. The molecule has 200 valence electrons. The van der Waals surface area contributed by atoms with Gasteiger partial charge in [0.2, 0.25) is 11.6 Å². The Hall–Kier alpha value is -4.31. The standard InChI is InChI=1S/C28H24ClFN4O5/c1-14(32-27(36)24-25(38-15(2)35)20(37-3)12-13-31-24)26-33-28(39-34-26)23-21(16-4-8-18(29)9-5-16)22(23)17-6-10-19(30)11-7-17/h4-14,21-23H,1-3H3,(H,32,36)/t14-,21?,22?,23?/m0/s1. The Morgan fingerprint density at radius 1 is 1.03 bits per heavy atom. The van der Waals surface area contributed by atoms with Crippen LogP contribution in [0.1, 0.15) is 71.0 Å². The van der Waals surface area contributed by atoms with Crippen LogP contribution in [0, 0.1) is 5.82 Å². The van der Waals surface area contributed by atoms with Crippen molar-refractivity contribution in [1.82, 2.24) is 20.4 Å². The lowest BCUT2D eigenvalue weighted by atomic mass is 10.0. The number of carbonyl (C=O) groups is 2. The van der Waals surface area contributed by atoms with Gasteiger partial charge in [0.1, 0.15) is 5.82 Å². The number of hydrogen-bond acceptors (Lipinski definition) is 8. The number of esters is 1. The van der Waals surface area contributed by atoms with E-state index in [1.807, 2.05) is 24.3 Å². The van der Waals surface area contributed by atoms with Gasteiger partial charge in [-0.1, -0.05) is 41.0 Å². The molecule has 2 aromatic heterocycles. The number of methoxy groups -OCH3 is 1. The van der Waals surface area contributed by atoms with Crippen LogP contribution < -0.4 is 14.8 Å². The third-order valence-electron chi connectivity index (χ3n) is 6.56. The molecule has 2 aromatic carbocycles. The molecule has 0 saturated heterocycles. The van der Waals surface area contributed by atoms with Crippen molar-refractivity contribution in [2.45, 2.75) is 37.6 Å². The second kappa shape index (κ2) is 10.8. The lowest BCUT2D eigenvalue weighted by Crippen LogP contribution is -2.29. The first-order valence-electron chi connectivity index (χ1n) is 12.1. The number of pyridine rings is 1. The summed E-state index contributed by atoms with van der Waals surface area (Å²) in [7, 11) is 1.39. The zero-order valence-corrected chi connectivity index (χ0v) is 22.0. The largest absolute Gasteiger partial charge is 0.493 e. The van der Waals surface area contributed by atoms with Crippen LogP contribution in [0.25, 0.3) is 0 Å². The summed E-state index contributed by atoms with van der Waals surface area (Å²) >= 11 is 6.08. The summed E-state index contributed by atoms with van der Waals surface area (Å²) in [5, 5.41) is 7.49. The van der Waals surface area contributed by atoms with Crippen LogP contribution in [-0.4, -0.2) is 34.1 Å². The molecule has 1 N–H and O–H groups in total. The summed E-state index contributed by atoms with van der Waals surface area (Å²) in [6, 6.07) is 14.7. The number of halogens is 2. The maximum Gasteiger partial charge on any atom is 0.308 e. The minimum absolute atomic E-state index is 0.00255. The first-order chi connectivity index (χ1) is 18.8. The number of rotatable bonds is 8. The molecule has 1 saturated carbocycles. The van der Waals surface area contributed by atoms with Crippen molar-refractivity contribution in [1.29, 1.82) is 0 Å². The van der Waals surface area contributed by atoms with E-state index < -0.39 is 17.9 Å². The number of amides is 1. The van der Waals surface area contributed by atoms with Gasteiger partial charge in [0.05, 0.1) is 19.1 Å².